The molecule has 3 aromatic heterocycles. The number of hydrogen-bond acceptors (Lipinski definition) is 5. The molecule has 4 rings (SSSR count). The number of nitrogens with zero attached hydrogens (tertiary/aromatic N) is 2. The van der Waals surface area contributed by atoms with Gasteiger partial charge in [-0.2, -0.15) is 0 Å². The maximum Gasteiger partial charge on any atom is 0.273 e. The number of aromatic nitrogens is 2. The first kappa shape index (κ1) is 18.5. The number of pyridine rings is 2. The molecular weight excluding hydrogens is 370 g/mol. The third-order valence-corrected chi connectivity index (χ3v) is 4.61. The first-order valence-electron chi connectivity index (χ1n) is 9.05. The number of aryl methyl sites for hydroxylation is 1. The summed E-state index contributed by atoms with van der Waals surface area (Å²) in [6.07, 6.45) is 3.12. The standard InChI is InChI=1S/C22H19N3O4/c1-14-7-9-15(10-8-14)25-20-17(6-3-11-23-20)19(28-2)18(22(25)27)21(26)24-13-16-5-4-12-29-16/h3-12H,13H2,1-2H3,(H,24,26). The van der Waals surface area contributed by atoms with Crippen LogP contribution in [0.5, 0.6) is 5.75 Å². The highest BCUT2D eigenvalue weighted by Gasteiger charge is 2.24. The van der Waals surface area contributed by atoms with Crippen molar-refractivity contribution in [2.45, 2.75) is 13.5 Å². The molecule has 0 aliphatic heterocycles. The second kappa shape index (κ2) is 7.63. The van der Waals surface area contributed by atoms with E-state index in [1.807, 2.05) is 31.2 Å². The minimum absolute atomic E-state index is 0.0832. The Balaban J connectivity index is 1.91. The van der Waals surface area contributed by atoms with Gasteiger partial charge >= 0.3 is 0 Å². The van der Waals surface area contributed by atoms with E-state index in [2.05, 4.69) is 10.3 Å². The van der Waals surface area contributed by atoms with Gasteiger partial charge in [0.1, 0.15) is 17.1 Å². The van der Waals surface area contributed by atoms with Gasteiger partial charge in [-0.3, -0.25) is 14.2 Å². The summed E-state index contributed by atoms with van der Waals surface area (Å²) >= 11 is 0. The van der Waals surface area contributed by atoms with E-state index in [-0.39, 0.29) is 17.9 Å². The van der Waals surface area contributed by atoms with Crippen LogP contribution >= 0.6 is 0 Å². The molecular formula is C22H19N3O4. The molecule has 3 heterocycles. The molecule has 0 saturated carbocycles. The number of amides is 1. The van der Waals surface area contributed by atoms with Crippen LogP contribution in [0.15, 0.2) is 70.2 Å². The van der Waals surface area contributed by atoms with E-state index in [1.54, 1.807) is 30.5 Å². The molecule has 0 atom stereocenters. The van der Waals surface area contributed by atoms with Crippen molar-refractivity contribution >= 4 is 16.9 Å². The zero-order valence-corrected chi connectivity index (χ0v) is 16.0. The third-order valence-electron chi connectivity index (χ3n) is 4.61. The number of ether oxygens (including phenoxy) is 1. The minimum atomic E-state index is -0.546. The summed E-state index contributed by atoms with van der Waals surface area (Å²) in [5.41, 5.74) is 1.51. The van der Waals surface area contributed by atoms with Crippen LogP contribution in [-0.4, -0.2) is 22.6 Å². The van der Waals surface area contributed by atoms with Gasteiger partial charge in [0.2, 0.25) is 0 Å². The lowest BCUT2D eigenvalue weighted by Gasteiger charge is -2.16. The fourth-order valence-corrected chi connectivity index (χ4v) is 3.21. The van der Waals surface area contributed by atoms with Crippen LogP contribution in [0.25, 0.3) is 16.7 Å². The molecule has 0 saturated heterocycles. The van der Waals surface area contributed by atoms with Crippen LogP contribution < -0.4 is 15.6 Å². The molecule has 0 spiro atoms. The quantitative estimate of drug-likeness (QED) is 0.566. The summed E-state index contributed by atoms with van der Waals surface area (Å²) in [7, 11) is 1.43. The van der Waals surface area contributed by atoms with Crippen molar-refractivity contribution in [3.63, 3.8) is 0 Å². The highest BCUT2D eigenvalue weighted by atomic mass is 16.5. The van der Waals surface area contributed by atoms with E-state index in [1.165, 1.54) is 17.9 Å². The summed E-state index contributed by atoms with van der Waals surface area (Å²) in [6.45, 7) is 2.12. The van der Waals surface area contributed by atoms with Crippen LogP contribution in [0.2, 0.25) is 0 Å². The van der Waals surface area contributed by atoms with Crippen molar-refractivity contribution in [2.24, 2.45) is 0 Å². The molecule has 4 aromatic rings. The minimum Gasteiger partial charge on any atom is -0.495 e. The van der Waals surface area contributed by atoms with E-state index in [9.17, 15) is 9.59 Å². The molecule has 7 heteroatoms. The second-order valence-electron chi connectivity index (χ2n) is 6.52. The molecule has 1 N–H and O–H groups in total. The van der Waals surface area contributed by atoms with E-state index in [0.717, 1.165) is 5.56 Å². The fourth-order valence-electron chi connectivity index (χ4n) is 3.21. The number of nitrogens with one attached hydrogen (secondary N) is 1. The molecule has 7 nitrogen and oxygen atoms in total. The Morgan fingerprint density at radius 1 is 1.17 bits per heavy atom. The Labute approximate surface area is 166 Å². The number of methoxy groups -OCH3 is 1. The zero-order chi connectivity index (χ0) is 20.4. The molecule has 0 bridgehead atoms. The molecule has 1 aromatic carbocycles. The molecule has 0 aliphatic carbocycles. The molecule has 29 heavy (non-hydrogen) atoms. The first-order valence-corrected chi connectivity index (χ1v) is 9.05. The summed E-state index contributed by atoms with van der Waals surface area (Å²) in [6, 6.07) is 14.4. The maximum atomic E-state index is 13.4. The van der Waals surface area contributed by atoms with Crippen LogP contribution in [0.1, 0.15) is 21.7 Å². The normalized spacial score (nSPS) is 10.8. The number of hydrogen-bond donors (Lipinski definition) is 1. The molecule has 0 fully saturated rings. The van der Waals surface area contributed by atoms with Crippen molar-refractivity contribution in [1.82, 2.24) is 14.9 Å². The lowest BCUT2D eigenvalue weighted by molar-refractivity contribution is 0.0943. The highest BCUT2D eigenvalue weighted by Crippen LogP contribution is 2.28. The summed E-state index contributed by atoms with van der Waals surface area (Å²) in [5, 5.41) is 3.29. The smallest absolute Gasteiger partial charge is 0.273 e. The largest absolute Gasteiger partial charge is 0.495 e. The van der Waals surface area contributed by atoms with E-state index < -0.39 is 11.5 Å². The van der Waals surface area contributed by atoms with E-state index in [0.29, 0.717) is 22.5 Å². The van der Waals surface area contributed by atoms with Gasteiger partial charge in [-0.25, -0.2) is 4.98 Å². The Hall–Kier alpha value is -3.87. The van der Waals surface area contributed by atoms with Gasteiger partial charge in [0.05, 0.1) is 31.0 Å². The Bertz CT molecular complexity index is 1230. The number of fused-ring (bicyclic) bond motifs is 1. The van der Waals surface area contributed by atoms with Crippen LogP contribution in [-0.2, 0) is 6.54 Å². The number of carbonyl (C=O) groups is 1. The Morgan fingerprint density at radius 2 is 1.97 bits per heavy atom. The predicted molar refractivity (Wildman–Crippen MR) is 109 cm³/mol. The zero-order valence-electron chi connectivity index (χ0n) is 16.0. The molecule has 0 unspecified atom stereocenters. The van der Waals surface area contributed by atoms with Crippen LogP contribution in [0, 0.1) is 6.92 Å². The number of rotatable bonds is 5. The molecule has 1 amide bonds. The Morgan fingerprint density at radius 3 is 2.66 bits per heavy atom. The van der Waals surface area contributed by atoms with Gasteiger partial charge in [0, 0.05) is 6.20 Å². The van der Waals surface area contributed by atoms with Gasteiger partial charge in [-0.1, -0.05) is 17.7 Å². The molecule has 146 valence electrons. The number of benzene rings is 1. The van der Waals surface area contributed by atoms with Gasteiger partial charge in [0.15, 0.2) is 5.65 Å². The van der Waals surface area contributed by atoms with Crippen molar-refractivity contribution in [2.75, 3.05) is 7.11 Å². The third kappa shape index (κ3) is 3.38. The predicted octanol–water partition coefficient (Wildman–Crippen LogP) is 3.23. The van der Waals surface area contributed by atoms with Gasteiger partial charge in [-0.15, -0.1) is 0 Å². The van der Waals surface area contributed by atoms with Gasteiger partial charge in [0.25, 0.3) is 11.5 Å². The lowest BCUT2D eigenvalue weighted by Crippen LogP contribution is -2.33. The fraction of sp³-hybridized carbons (Fsp3) is 0.136. The first-order chi connectivity index (χ1) is 14.1. The molecule has 0 radical (unpaired) electrons. The highest BCUT2D eigenvalue weighted by molar-refractivity contribution is 6.02. The topological polar surface area (TPSA) is 86.4 Å². The van der Waals surface area contributed by atoms with Crippen molar-refractivity contribution < 1.29 is 13.9 Å². The van der Waals surface area contributed by atoms with Gasteiger partial charge < -0.3 is 14.5 Å². The maximum absolute atomic E-state index is 13.4. The van der Waals surface area contributed by atoms with Crippen molar-refractivity contribution in [1.29, 1.82) is 0 Å². The average molecular weight is 389 g/mol. The monoisotopic (exact) mass is 389 g/mol. The number of furan rings is 1. The summed E-state index contributed by atoms with van der Waals surface area (Å²) < 4.78 is 12.1. The number of carbonyl (C=O) groups excluding carboxylic acids is 1. The SMILES string of the molecule is COc1c(C(=O)NCc2ccco2)c(=O)n(-c2ccc(C)cc2)c2ncccc12. The van der Waals surface area contributed by atoms with E-state index >= 15 is 0 Å². The lowest BCUT2D eigenvalue weighted by atomic mass is 10.1. The van der Waals surface area contributed by atoms with E-state index in [4.69, 9.17) is 9.15 Å². The van der Waals surface area contributed by atoms with Crippen LogP contribution in [0.4, 0.5) is 0 Å². The van der Waals surface area contributed by atoms with Crippen LogP contribution in [0.3, 0.4) is 0 Å². The van der Waals surface area contributed by atoms with Crippen molar-refractivity contribution in [3.05, 3.63) is 88.2 Å². The Kier molecular flexibility index (Phi) is 4.87. The van der Waals surface area contributed by atoms with Gasteiger partial charge in [-0.05, 0) is 43.3 Å². The average Bonchev–Trinajstić information content (AvgIpc) is 3.26. The molecule has 0 aliphatic rings. The summed E-state index contributed by atoms with van der Waals surface area (Å²) in [5.74, 6) is 0.229. The van der Waals surface area contributed by atoms with Crippen molar-refractivity contribution in [3.8, 4) is 11.4 Å². The summed E-state index contributed by atoms with van der Waals surface area (Å²) in [4.78, 5) is 30.7. The second-order valence-corrected chi connectivity index (χ2v) is 6.52.